The van der Waals surface area contributed by atoms with Crippen molar-refractivity contribution in [3.63, 3.8) is 0 Å². The number of alkyl halides is 12. The lowest BCUT2D eigenvalue weighted by Gasteiger charge is -2.29. The molecule has 0 saturated carbocycles. The van der Waals surface area contributed by atoms with Gasteiger partial charge in [0.25, 0.3) is 0 Å². The summed E-state index contributed by atoms with van der Waals surface area (Å²) in [7, 11) is 0. The largest absolute Gasteiger partial charge is 0.435 e. The quantitative estimate of drug-likeness (QED) is 0.0344. The van der Waals surface area contributed by atoms with Crippen LogP contribution in [0.4, 0.5) is 52.7 Å². The van der Waals surface area contributed by atoms with Gasteiger partial charge in [-0.2, -0.15) is 73.1 Å². The second-order valence-electron chi connectivity index (χ2n) is 37.0. The van der Waals surface area contributed by atoms with Crippen molar-refractivity contribution in [1.29, 1.82) is 0 Å². The van der Waals surface area contributed by atoms with Crippen LogP contribution in [0.2, 0.25) is 0 Å². The predicted molar refractivity (Wildman–Crippen MR) is 514 cm³/mol. The van der Waals surface area contributed by atoms with Crippen molar-refractivity contribution in [2.24, 2.45) is 44.6 Å². The Morgan fingerprint density at radius 1 is 0.338 bits per heavy atom. The number of nitrogens with two attached hydrogens (primary N) is 4. The van der Waals surface area contributed by atoms with Crippen LogP contribution in [0.5, 0.6) is 0 Å². The van der Waals surface area contributed by atoms with Gasteiger partial charge in [0.1, 0.15) is 0 Å². The standard InChI is InChI=1S/2C25H23F3IN3O3.2C24H21F3IN3O2/c2*1-24(2)10-19-21(20(34)11-24)22(25(26,27)28)31-32(19)16-5-6-17(23(30)35)15(9-16)7-13-3-4-14(12-33)18(29)8-13;2*1-23(2)11-18-20(19(32)12-23)21(24(25,26)27)30-31(18)16-7-8-17(22(29)33)14(10-16)9-13-3-5-15(28)6-4-13/h2*3-6,8-9,33H,7,10-12H2,1-2H3,(H2,30,35);2*3-8,10H,9,11-12H2,1-2H3,(H2,29,33)/i29+4;29-3;28+4;28-3. The molecule has 0 radical (unpaired) electrons. The van der Waals surface area contributed by atoms with Crippen molar-refractivity contribution in [2.75, 3.05) is 0 Å². The van der Waals surface area contributed by atoms with Gasteiger partial charge in [-0.1, -0.05) is 104 Å². The topological polar surface area (TPSA) is 352 Å². The number of halogens is 16. The summed E-state index contributed by atoms with van der Waals surface area (Å²) in [6.45, 7) is 14.5. The molecule has 0 spiro atoms. The number of benzene rings is 8. The molecule has 4 aliphatic carbocycles. The van der Waals surface area contributed by atoms with Crippen molar-refractivity contribution < 1.29 is 101 Å². The molecule has 0 unspecified atom stereocenters. The molecule has 4 aliphatic rings. The van der Waals surface area contributed by atoms with Gasteiger partial charge in [0, 0.05) is 62.2 Å². The lowest BCUT2D eigenvalue weighted by Crippen LogP contribution is -2.29. The van der Waals surface area contributed by atoms with Crippen LogP contribution in [0.25, 0.3) is 22.7 Å². The highest BCUT2D eigenvalue weighted by atomic mass is 131. The van der Waals surface area contributed by atoms with E-state index < -0.39 is 116 Å². The average Bonchev–Trinajstić information content (AvgIpc) is 1.60. The number of aromatic nitrogens is 8. The van der Waals surface area contributed by atoms with Gasteiger partial charge in [0.05, 0.1) is 81.0 Å². The smallest absolute Gasteiger partial charge is 0.392 e. The number of Topliss-reactive ketones (excluding diaryl/α,β-unsaturated/α-hetero) is 4. The van der Waals surface area contributed by atoms with Gasteiger partial charge in [-0.3, -0.25) is 38.4 Å². The monoisotopic (exact) mass is 2330 g/mol. The minimum absolute atomic E-state index is 0.00308. The number of aliphatic hydroxyl groups excluding tert-OH is 2. The molecule has 4 amide bonds. The Kier molecular flexibility index (Phi) is 29.6. The van der Waals surface area contributed by atoms with E-state index in [1.54, 1.807) is 36.4 Å². The summed E-state index contributed by atoms with van der Waals surface area (Å²) in [6.07, 6.45) is -16.7. The van der Waals surface area contributed by atoms with E-state index in [0.717, 1.165) is 47.7 Å². The van der Waals surface area contributed by atoms with E-state index in [2.05, 4.69) is 111 Å². The maximum absolute atomic E-state index is 13.8. The summed E-state index contributed by atoms with van der Waals surface area (Å²) >= 11 is 8.57. The van der Waals surface area contributed by atoms with Gasteiger partial charge in [0.15, 0.2) is 45.9 Å². The highest BCUT2D eigenvalue weighted by Gasteiger charge is 2.51. The van der Waals surface area contributed by atoms with Crippen molar-refractivity contribution in [3.05, 3.63) is 318 Å². The second kappa shape index (κ2) is 39.2. The first-order chi connectivity index (χ1) is 63.3. The molecule has 712 valence electrons. The number of aliphatic hydroxyl groups is 2. The van der Waals surface area contributed by atoms with Crippen LogP contribution >= 0.6 is 90.4 Å². The highest BCUT2D eigenvalue weighted by Crippen LogP contribution is 2.48. The molecule has 16 rings (SSSR count). The first-order valence-corrected chi connectivity index (χ1v) is 46.5. The van der Waals surface area contributed by atoms with E-state index in [1.165, 1.54) is 67.3 Å². The third kappa shape index (κ3) is 22.9. The van der Waals surface area contributed by atoms with Crippen LogP contribution in [-0.2, 0) is 89.3 Å². The average molecular weight is 2330 g/mol. The molecule has 0 saturated heterocycles. The fourth-order valence-electron chi connectivity index (χ4n) is 17.6. The number of nitrogens with zero attached hydrogens (tertiary/aromatic N) is 8. The van der Waals surface area contributed by atoms with Gasteiger partial charge in [-0.25, -0.2) is 18.7 Å². The summed E-state index contributed by atoms with van der Waals surface area (Å²) < 4.78 is 174. The van der Waals surface area contributed by atoms with E-state index in [0.29, 0.717) is 57.8 Å². The summed E-state index contributed by atoms with van der Waals surface area (Å²) in [5.74, 6) is -4.87. The lowest BCUT2D eigenvalue weighted by molar-refractivity contribution is -0.142. The number of carbonyl (C=O) groups is 8. The number of amides is 4. The number of ketones is 4. The van der Waals surface area contributed by atoms with Crippen LogP contribution in [0.3, 0.4) is 0 Å². The minimum atomic E-state index is -4.78. The zero-order valence-corrected chi connectivity index (χ0v) is 82.6. The third-order valence-corrected chi connectivity index (χ3v) is 27.1. The number of hydrogen-bond donors (Lipinski definition) is 6. The van der Waals surface area contributed by atoms with E-state index in [4.69, 9.17) is 22.9 Å². The molecule has 0 bridgehead atoms. The molecular formula is C98H88F12I4N12O10. The molecule has 0 atom stereocenters. The van der Waals surface area contributed by atoms with Gasteiger partial charge >= 0.3 is 24.7 Å². The zero-order chi connectivity index (χ0) is 99.7. The molecule has 0 aliphatic heterocycles. The molecule has 12 aromatic rings. The zero-order valence-electron chi connectivity index (χ0n) is 74.0. The van der Waals surface area contributed by atoms with Gasteiger partial charge in [-0.05, 0) is 328 Å². The van der Waals surface area contributed by atoms with E-state index in [-0.39, 0.29) is 145 Å². The van der Waals surface area contributed by atoms with E-state index in [9.17, 15) is 101 Å². The van der Waals surface area contributed by atoms with Crippen LogP contribution < -0.4 is 22.9 Å². The molecule has 0 fully saturated rings. The molecule has 4 heterocycles. The van der Waals surface area contributed by atoms with Crippen molar-refractivity contribution >= 4 is 137 Å². The summed E-state index contributed by atoms with van der Waals surface area (Å²) in [5, 5.41) is 34.2. The first kappa shape index (κ1) is 103. The third-order valence-electron chi connectivity index (χ3n) is 23.6. The summed E-state index contributed by atoms with van der Waals surface area (Å²) in [4.78, 5) is 99.0. The molecule has 8 aromatic carbocycles. The maximum Gasteiger partial charge on any atom is 0.435 e. The highest BCUT2D eigenvalue weighted by molar-refractivity contribution is 14.1. The number of carbonyl (C=O) groups excluding carboxylic acids is 8. The second-order valence-corrected chi connectivity index (χ2v) is 41.8. The Labute approximate surface area is 826 Å². The van der Waals surface area contributed by atoms with E-state index >= 15 is 0 Å². The van der Waals surface area contributed by atoms with Crippen LogP contribution in [0.1, 0.15) is 265 Å². The Bertz CT molecular complexity index is 6420. The Hall–Kier alpha value is -10.8. The summed E-state index contributed by atoms with van der Waals surface area (Å²) in [5.41, 5.74) is 24.4. The van der Waals surface area contributed by atoms with Crippen molar-refractivity contribution in [1.82, 2.24) is 39.1 Å². The number of fused-ring (bicyclic) bond motifs is 4. The number of hydrogen-bond acceptors (Lipinski definition) is 14. The molecule has 4 aromatic heterocycles. The van der Waals surface area contributed by atoms with Crippen molar-refractivity contribution in [3.8, 4) is 22.7 Å². The number of rotatable bonds is 18. The van der Waals surface area contributed by atoms with E-state index in [1.807, 2.05) is 128 Å². The Balaban J connectivity index is 0.000000153. The van der Waals surface area contributed by atoms with Crippen LogP contribution in [0, 0.1) is 35.9 Å². The van der Waals surface area contributed by atoms with Gasteiger partial charge in [0.2, 0.25) is 23.6 Å². The Morgan fingerprint density at radius 2 is 0.581 bits per heavy atom. The fraction of sp³-hybridized carbons (Fsp3) is 0.306. The first-order valence-electron chi connectivity index (χ1n) is 42.2. The molecule has 136 heavy (non-hydrogen) atoms. The Morgan fingerprint density at radius 3 is 0.824 bits per heavy atom. The molecule has 10 N–H and O–H groups in total. The number of primary amides is 4. The molecule has 38 heteroatoms. The van der Waals surface area contributed by atoms with Crippen molar-refractivity contribution in [2.45, 2.75) is 170 Å². The SMILES string of the molecule is CC1(C)CC(=O)c2c(C(F)(F)F)nn(-c3ccc(C(N)=O)c(Cc4ccc(CO)c([124I])c4)c3)c2C1.CC1(C)CC(=O)c2c(C(F)(F)F)nn(-c3ccc(C(N)=O)c(Cc4ccc(CO)c([131I])c4)c3)c2C1.CC1(C)CC(=O)c2c(C(F)(F)F)nn(-c3ccc(C(N)=O)c(Cc4ccc([124I])cc4)c3)c2C1.CC1(C)CC(=O)c2c(C(F)(F)F)nn(-c3ccc(C(N)=O)c(Cc4ccc([131I])cc4)c3)c2C1. The molecular weight excluding hydrogens is 2240 g/mol. The van der Waals surface area contributed by atoms with Crippen LogP contribution in [-0.4, -0.2) is 96.1 Å². The van der Waals surface area contributed by atoms with Gasteiger partial charge < -0.3 is 33.1 Å². The lowest BCUT2D eigenvalue weighted by atomic mass is 9.75. The minimum Gasteiger partial charge on any atom is -0.392 e. The summed E-state index contributed by atoms with van der Waals surface area (Å²) in [6, 6.07) is 44.6. The van der Waals surface area contributed by atoms with Gasteiger partial charge in [-0.15, -0.1) is 0 Å². The van der Waals surface area contributed by atoms with Crippen LogP contribution in [0.15, 0.2) is 158 Å². The normalized spacial score (nSPS) is 15.3. The fourth-order valence-corrected chi connectivity index (χ4v) is 19.8. The molecule has 22 nitrogen and oxygen atoms in total. The predicted octanol–water partition coefficient (Wildman–Crippen LogP) is 20.3. The maximum atomic E-state index is 13.8.